The molecule has 0 unspecified atom stereocenters. The second-order valence-corrected chi connectivity index (χ2v) is 9.25. The molecule has 2 aromatic carbocycles. The monoisotopic (exact) mass is 473 g/mol. The summed E-state index contributed by atoms with van der Waals surface area (Å²) in [7, 11) is 0. The van der Waals surface area contributed by atoms with Gasteiger partial charge in [-0.1, -0.05) is 29.8 Å². The highest BCUT2D eigenvalue weighted by atomic mass is 35.5. The third-order valence-corrected chi connectivity index (χ3v) is 6.80. The number of halogens is 1. The van der Waals surface area contributed by atoms with Crippen molar-refractivity contribution in [3.63, 3.8) is 0 Å². The quantitative estimate of drug-likeness (QED) is 0.320. The lowest BCUT2D eigenvalue weighted by Gasteiger charge is -2.26. The summed E-state index contributed by atoms with van der Waals surface area (Å²) in [6.45, 7) is 6.28. The van der Waals surface area contributed by atoms with E-state index in [2.05, 4.69) is 54.2 Å². The molecule has 1 N–H and O–H groups in total. The van der Waals surface area contributed by atoms with Gasteiger partial charge in [0.05, 0.1) is 11.7 Å². The molecule has 0 aliphatic carbocycles. The maximum atomic E-state index is 6.47. The predicted molar refractivity (Wildman–Crippen MR) is 138 cm³/mol. The minimum atomic E-state index is -0.192. The van der Waals surface area contributed by atoms with Gasteiger partial charge in [-0.05, 0) is 98.2 Å². The Labute approximate surface area is 204 Å². The third-order valence-electron chi connectivity index (χ3n) is 6.25. The summed E-state index contributed by atoms with van der Waals surface area (Å²) in [5.41, 5.74) is 6.47. The Kier molecular flexibility index (Phi) is 5.69. The van der Waals surface area contributed by atoms with Gasteiger partial charge in [-0.3, -0.25) is 4.98 Å². The maximum Gasteiger partial charge on any atom is 0.174 e. The molecule has 0 spiro atoms. The first-order chi connectivity index (χ1) is 15.9. The van der Waals surface area contributed by atoms with E-state index < -0.39 is 0 Å². The number of anilines is 1. The van der Waals surface area contributed by atoms with Gasteiger partial charge in [-0.25, -0.2) is 0 Å². The topological polar surface area (TPSA) is 41.3 Å². The molecule has 3 heterocycles. The largest absolute Gasteiger partial charge is 0.459 e. The first-order valence-corrected chi connectivity index (χ1v) is 11.6. The van der Waals surface area contributed by atoms with Crippen molar-refractivity contribution >= 4 is 34.6 Å². The van der Waals surface area contributed by atoms with E-state index >= 15 is 0 Å². The van der Waals surface area contributed by atoms with Crippen molar-refractivity contribution in [2.45, 2.75) is 32.9 Å². The molecule has 166 valence electrons. The van der Waals surface area contributed by atoms with Gasteiger partial charge in [-0.2, -0.15) is 0 Å². The van der Waals surface area contributed by atoms with Gasteiger partial charge < -0.3 is 14.6 Å². The highest BCUT2D eigenvalue weighted by Gasteiger charge is 2.42. The van der Waals surface area contributed by atoms with Crippen LogP contribution in [0, 0.1) is 20.8 Å². The SMILES string of the molecule is Cc1ccc(N2C(=S)N[C@@H](c3ccccn3)[C@H]2c2ccc(-c3cc(Cl)ccc3C)o2)cc1C. The molecule has 6 heteroatoms. The van der Waals surface area contributed by atoms with Crippen molar-refractivity contribution in [2.75, 3.05) is 4.90 Å². The van der Waals surface area contributed by atoms with Gasteiger partial charge in [0.2, 0.25) is 0 Å². The second-order valence-electron chi connectivity index (χ2n) is 8.43. The molecular formula is C27H24ClN3OS. The molecule has 5 rings (SSSR count). The Morgan fingerprint density at radius 1 is 0.939 bits per heavy atom. The van der Waals surface area contributed by atoms with Crippen LogP contribution < -0.4 is 10.2 Å². The summed E-state index contributed by atoms with van der Waals surface area (Å²) in [4.78, 5) is 6.75. The van der Waals surface area contributed by atoms with E-state index in [0.717, 1.165) is 34.0 Å². The molecule has 0 amide bonds. The van der Waals surface area contributed by atoms with E-state index in [0.29, 0.717) is 10.1 Å². The number of nitrogens with one attached hydrogen (secondary N) is 1. The van der Waals surface area contributed by atoms with Crippen LogP contribution >= 0.6 is 23.8 Å². The number of hydrogen-bond donors (Lipinski definition) is 1. The van der Waals surface area contributed by atoms with E-state index in [-0.39, 0.29) is 12.1 Å². The molecule has 1 saturated heterocycles. The van der Waals surface area contributed by atoms with E-state index in [4.69, 9.17) is 28.2 Å². The highest BCUT2D eigenvalue weighted by molar-refractivity contribution is 7.80. The number of nitrogens with zero attached hydrogens (tertiary/aromatic N) is 2. The van der Waals surface area contributed by atoms with Crippen LogP contribution in [0.3, 0.4) is 0 Å². The summed E-state index contributed by atoms with van der Waals surface area (Å²) >= 11 is 12.1. The highest BCUT2D eigenvalue weighted by Crippen LogP contribution is 2.43. The maximum absolute atomic E-state index is 6.47. The Balaban J connectivity index is 1.62. The first-order valence-electron chi connectivity index (χ1n) is 10.9. The number of benzene rings is 2. The molecule has 33 heavy (non-hydrogen) atoms. The second kappa shape index (κ2) is 8.65. The molecular weight excluding hydrogens is 450 g/mol. The molecule has 1 aliphatic rings. The molecule has 0 bridgehead atoms. The van der Waals surface area contributed by atoms with Crippen LogP contribution in [0.2, 0.25) is 5.02 Å². The molecule has 4 nitrogen and oxygen atoms in total. The van der Waals surface area contributed by atoms with E-state index in [1.807, 2.05) is 48.5 Å². The molecule has 4 aromatic rings. The zero-order valence-corrected chi connectivity index (χ0v) is 20.2. The number of thiocarbonyl (C=S) groups is 1. The van der Waals surface area contributed by atoms with Crippen LogP contribution in [-0.2, 0) is 0 Å². The van der Waals surface area contributed by atoms with Gasteiger partial charge >= 0.3 is 0 Å². The number of aryl methyl sites for hydroxylation is 3. The molecule has 2 atom stereocenters. The van der Waals surface area contributed by atoms with E-state index in [1.54, 1.807) is 6.20 Å². The number of rotatable bonds is 4. The Morgan fingerprint density at radius 2 is 1.76 bits per heavy atom. The fourth-order valence-corrected chi connectivity index (χ4v) is 4.83. The normalized spacial score (nSPS) is 17.9. The third kappa shape index (κ3) is 4.03. The van der Waals surface area contributed by atoms with Crippen LogP contribution in [0.1, 0.15) is 40.2 Å². The van der Waals surface area contributed by atoms with Crippen molar-refractivity contribution in [1.29, 1.82) is 0 Å². The molecule has 2 aromatic heterocycles. The van der Waals surface area contributed by atoms with Crippen molar-refractivity contribution in [3.05, 3.63) is 106 Å². The van der Waals surface area contributed by atoms with Crippen LogP contribution in [0.4, 0.5) is 5.69 Å². The number of aromatic nitrogens is 1. The van der Waals surface area contributed by atoms with Crippen LogP contribution in [0.25, 0.3) is 11.3 Å². The van der Waals surface area contributed by atoms with Gasteiger partial charge in [0, 0.05) is 22.5 Å². The minimum Gasteiger partial charge on any atom is -0.459 e. The molecule has 0 saturated carbocycles. The summed E-state index contributed by atoms with van der Waals surface area (Å²) in [5, 5.41) is 4.81. The fraction of sp³-hybridized carbons (Fsp3) is 0.185. The Morgan fingerprint density at radius 3 is 2.52 bits per heavy atom. The number of hydrogen-bond acceptors (Lipinski definition) is 3. The average Bonchev–Trinajstić information content (AvgIpc) is 3.42. The molecule has 0 radical (unpaired) electrons. The summed E-state index contributed by atoms with van der Waals surface area (Å²) in [6, 6.07) is 21.8. The van der Waals surface area contributed by atoms with E-state index in [9.17, 15) is 0 Å². The number of pyridine rings is 1. The number of furan rings is 1. The van der Waals surface area contributed by atoms with Gasteiger partial charge in [-0.15, -0.1) is 0 Å². The standard InChI is InChI=1S/C27H24ClN3OS/c1-16-8-10-20(14-18(16)3)31-26(25(30-27(31)33)22-6-4-5-13-29-22)24-12-11-23(32-24)21-15-19(28)9-7-17(21)2/h4-15,25-26H,1-3H3,(H,30,33)/t25-,26+/m0/s1. The zero-order valence-electron chi connectivity index (χ0n) is 18.7. The first kappa shape index (κ1) is 21.7. The smallest absolute Gasteiger partial charge is 0.174 e. The Bertz CT molecular complexity index is 1330. The van der Waals surface area contributed by atoms with E-state index in [1.165, 1.54) is 11.1 Å². The summed E-state index contributed by atoms with van der Waals surface area (Å²) < 4.78 is 6.47. The average molecular weight is 474 g/mol. The van der Waals surface area contributed by atoms with Crippen molar-refractivity contribution in [3.8, 4) is 11.3 Å². The lowest BCUT2D eigenvalue weighted by molar-refractivity contribution is 0.439. The zero-order chi connectivity index (χ0) is 23.1. The van der Waals surface area contributed by atoms with Gasteiger partial charge in [0.1, 0.15) is 17.6 Å². The van der Waals surface area contributed by atoms with Crippen molar-refractivity contribution in [1.82, 2.24) is 10.3 Å². The summed E-state index contributed by atoms with van der Waals surface area (Å²) in [5.74, 6) is 1.59. The molecule has 1 aliphatic heterocycles. The summed E-state index contributed by atoms with van der Waals surface area (Å²) in [6.07, 6.45) is 1.80. The minimum absolute atomic E-state index is 0.153. The predicted octanol–water partition coefficient (Wildman–Crippen LogP) is 7.10. The van der Waals surface area contributed by atoms with Crippen molar-refractivity contribution in [2.24, 2.45) is 0 Å². The van der Waals surface area contributed by atoms with Crippen LogP contribution in [0.15, 0.2) is 77.3 Å². The lowest BCUT2D eigenvalue weighted by atomic mass is 10.0. The molecule has 1 fully saturated rings. The van der Waals surface area contributed by atoms with Gasteiger partial charge in [0.25, 0.3) is 0 Å². The van der Waals surface area contributed by atoms with Gasteiger partial charge in [0.15, 0.2) is 5.11 Å². The lowest BCUT2D eigenvalue weighted by Crippen LogP contribution is -2.29. The Hall–Kier alpha value is -3.15. The van der Waals surface area contributed by atoms with Crippen LogP contribution in [-0.4, -0.2) is 10.1 Å². The van der Waals surface area contributed by atoms with Crippen molar-refractivity contribution < 1.29 is 4.42 Å². The fourth-order valence-electron chi connectivity index (χ4n) is 4.31. The van der Waals surface area contributed by atoms with Crippen LogP contribution in [0.5, 0.6) is 0 Å².